The number of amides is 1. The van der Waals surface area contributed by atoms with Crippen LogP contribution in [0.1, 0.15) is 21.9 Å². The molecule has 2 rings (SSSR count). The van der Waals surface area contributed by atoms with Gasteiger partial charge in [0.1, 0.15) is 6.61 Å². The molecule has 0 aromatic carbocycles. The lowest BCUT2D eigenvalue weighted by Gasteiger charge is -2.00. The number of nitrogens with zero attached hydrogens (tertiary/aromatic N) is 3. The Balaban J connectivity index is 2.04. The van der Waals surface area contributed by atoms with E-state index < -0.39 is 0 Å². The average molecular weight is 264 g/mol. The van der Waals surface area contributed by atoms with Crippen molar-refractivity contribution in [1.29, 1.82) is 0 Å². The first-order valence-corrected chi connectivity index (χ1v) is 6.02. The van der Waals surface area contributed by atoms with Crippen LogP contribution in [0.5, 0.6) is 0 Å². The van der Waals surface area contributed by atoms with Gasteiger partial charge in [-0.05, 0) is 19.1 Å². The van der Waals surface area contributed by atoms with Crippen molar-refractivity contribution in [3.05, 3.63) is 35.4 Å². The number of nitrogens with one attached hydrogen (secondary N) is 1. The standard InChI is InChI=1S/C11H12N4O2S/c1-7-3-4-8(5-12-7)10(16)14-11-13-9(6-17-2)15-18-11/h3-5H,6H2,1-2H3,(H,13,14,15,16). The second kappa shape index (κ2) is 5.65. The highest BCUT2D eigenvalue weighted by molar-refractivity contribution is 7.09. The fourth-order valence-corrected chi connectivity index (χ4v) is 1.83. The van der Waals surface area contributed by atoms with Gasteiger partial charge in [0.2, 0.25) is 5.13 Å². The normalized spacial score (nSPS) is 10.3. The highest BCUT2D eigenvalue weighted by atomic mass is 32.1. The van der Waals surface area contributed by atoms with Gasteiger partial charge in [0, 0.05) is 30.5 Å². The number of pyridine rings is 1. The third kappa shape index (κ3) is 3.08. The van der Waals surface area contributed by atoms with Gasteiger partial charge in [-0.15, -0.1) is 0 Å². The molecule has 0 fully saturated rings. The fourth-order valence-electron chi connectivity index (χ4n) is 1.26. The Morgan fingerprint density at radius 2 is 2.33 bits per heavy atom. The lowest BCUT2D eigenvalue weighted by atomic mass is 10.2. The minimum absolute atomic E-state index is 0.248. The van der Waals surface area contributed by atoms with Crippen LogP contribution in [0, 0.1) is 6.92 Å². The monoisotopic (exact) mass is 264 g/mol. The number of hydrogen-bond acceptors (Lipinski definition) is 6. The van der Waals surface area contributed by atoms with Gasteiger partial charge in [-0.25, -0.2) is 4.98 Å². The molecule has 0 spiro atoms. The SMILES string of the molecule is COCc1nsc(NC(=O)c2ccc(C)nc2)n1. The maximum Gasteiger partial charge on any atom is 0.259 e. The van der Waals surface area contributed by atoms with Crippen molar-refractivity contribution in [2.45, 2.75) is 13.5 Å². The summed E-state index contributed by atoms with van der Waals surface area (Å²) in [5.41, 5.74) is 1.36. The molecule has 0 radical (unpaired) electrons. The van der Waals surface area contributed by atoms with Gasteiger partial charge in [0.25, 0.3) is 5.91 Å². The summed E-state index contributed by atoms with van der Waals surface area (Å²) < 4.78 is 8.94. The molecule has 1 N–H and O–H groups in total. The topological polar surface area (TPSA) is 77.0 Å². The summed E-state index contributed by atoms with van der Waals surface area (Å²) in [4.78, 5) is 20.0. The van der Waals surface area contributed by atoms with Crippen LogP contribution in [0.2, 0.25) is 0 Å². The molecule has 0 aliphatic rings. The molecule has 0 bridgehead atoms. The number of rotatable bonds is 4. The van der Waals surface area contributed by atoms with E-state index in [0.717, 1.165) is 17.2 Å². The van der Waals surface area contributed by atoms with Gasteiger partial charge in [0.05, 0.1) is 5.56 Å². The van der Waals surface area contributed by atoms with Crippen molar-refractivity contribution >= 4 is 22.6 Å². The van der Waals surface area contributed by atoms with Gasteiger partial charge < -0.3 is 4.74 Å². The van der Waals surface area contributed by atoms with Crippen LogP contribution in [0.25, 0.3) is 0 Å². The van der Waals surface area contributed by atoms with Gasteiger partial charge in [-0.2, -0.15) is 4.37 Å². The molecule has 0 saturated heterocycles. The molecule has 2 aromatic rings. The molecule has 94 valence electrons. The van der Waals surface area contributed by atoms with Crippen LogP contribution >= 0.6 is 11.5 Å². The molecule has 7 heteroatoms. The Kier molecular flexibility index (Phi) is 3.96. The minimum atomic E-state index is -0.248. The summed E-state index contributed by atoms with van der Waals surface area (Å²) in [5.74, 6) is 0.308. The number of carbonyl (C=O) groups excluding carboxylic acids is 1. The summed E-state index contributed by atoms with van der Waals surface area (Å²) >= 11 is 1.12. The molecular formula is C11H12N4O2S. The number of hydrogen-bond donors (Lipinski definition) is 1. The third-order valence-corrected chi connectivity index (χ3v) is 2.80. The zero-order valence-corrected chi connectivity index (χ0v) is 10.8. The van der Waals surface area contributed by atoms with Crippen LogP contribution < -0.4 is 5.32 Å². The lowest BCUT2D eigenvalue weighted by Crippen LogP contribution is -2.12. The van der Waals surface area contributed by atoms with E-state index in [1.807, 2.05) is 6.92 Å². The van der Waals surface area contributed by atoms with Crippen LogP contribution in [0.3, 0.4) is 0 Å². The number of aromatic nitrogens is 3. The minimum Gasteiger partial charge on any atom is -0.377 e. The van der Waals surface area contributed by atoms with Crippen LogP contribution in [-0.2, 0) is 11.3 Å². The zero-order chi connectivity index (χ0) is 13.0. The van der Waals surface area contributed by atoms with E-state index >= 15 is 0 Å². The van der Waals surface area contributed by atoms with Crippen LogP contribution in [0.15, 0.2) is 18.3 Å². The number of aryl methyl sites for hydroxylation is 1. The van der Waals surface area contributed by atoms with E-state index in [4.69, 9.17) is 4.74 Å². The summed E-state index contributed by atoms with van der Waals surface area (Å²) in [5, 5.41) is 3.12. The Hall–Kier alpha value is -1.86. The van der Waals surface area contributed by atoms with Crippen molar-refractivity contribution in [2.24, 2.45) is 0 Å². The van der Waals surface area contributed by atoms with E-state index in [-0.39, 0.29) is 5.91 Å². The predicted octanol–water partition coefficient (Wildman–Crippen LogP) is 1.64. The first-order valence-electron chi connectivity index (χ1n) is 5.24. The number of anilines is 1. The van der Waals surface area contributed by atoms with E-state index in [1.54, 1.807) is 19.2 Å². The summed E-state index contributed by atoms with van der Waals surface area (Å²) in [6.07, 6.45) is 1.53. The van der Waals surface area contributed by atoms with Gasteiger partial charge >= 0.3 is 0 Å². The largest absolute Gasteiger partial charge is 0.377 e. The quantitative estimate of drug-likeness (QED) is 0.908. The summed E-state index contributed by atoms with van der Waals surface area (Å²) in [6.45, 7) is 2.20. The molecule has 6 nitrogen and oxygen atoms in total. The first-order chi connectivity index (χ1) is 8.69. The second-order valence-corrected chi connectivity index (χ2v) is 4.34. The van der Waals surface area contributed by atoms with Crippen molar-refractivity contribution in [3.8, 4) is 0 Å². The van der Waals surface area contributed by atoms with E-state index in [9.17, 15) is 4.79 Å². The van der Waals surface area contributed by atoms with E-state index in [2.05, 4.69) is 19.7 Å². The van der Waals surface area contributed by atoms with E-state index in [0.29, 0.717) is 23.1 Å². The first kappa shape index (κ1) is 12.6. The van der Waals surface area contributed by atoms with Gasteiger partial charge in [0.15, 0.2) is 5.82 Å². The molecule has 0 aliphatic heterocycles. The van der Waals surface area contributed by atoms with E-state index in [1.165, 1.54) is 6.20 Å². The molecule has 1 amide bonds. The van der Waals surface area contributed by atoms with Crippen molar-refractivity contribution in [3.63, 3.8) is 0 Å². The Labute approximate surface area is 108 Å². The van der Waals surface area contributed by atoms with Gasteiger partial charge in [-0.1, -0.05) is 0 Å². The fraction of sp³-hybridized carbons (Fsp3) is 0.273. The van der Waals surface area contributed by atoms with Gasteiger partial charge in [-0.3, -0.25) is 15.1 Å². The van der Waals surface area contributed by atoms with Crippen LogP contribution in [0.4, 0.5) is 5.13 Å². The molecule has 0 unspecified atom stereocenters. The van der Waals surface area contributed by atoms with Crippen molar-refractivity contribution in [1.82, 2.24) is 14.3 Å². The Morgan fingerprint density at radius 3 is 3.00 bits per heavy atom. The smallest absolute Gasteiger partial charge is 0.259 e. The Morgan fingerprint density at radius 1 is 1.50 bits per heavy atom. The lowest BCUT2D eigenvalue weighted by molar-refractivity contribution is 0.102. The number of ether oxygens (including phenoxy) is 1. The Bertz CT molecular complexity index is 538. The molecule has 18 heavy (non-hydrogen) atoms. The third-order valence-electron chi connectivity index (χ3n) is 2.14. The zero-order valence-electron chi connectivity index (χ0n) is 10.0. The predicted molar refractivity (Wildman–Crippen MR) is 67.5 cm³/mol. The highest BCUT2D eigenvalue weighted by Gasteiger charge is 2.10. The molecule has 2 aromatic heterocycles. The molecule has 0 aliphatic carbocycles. The summed E-state index contributed by atoms with van der Waals surface area (Å²) in [7, 11) is 1.57. The highest BCUT2D eigenvalue weighted by Crippen LogP contribution is 2.13. The van der Waals surface area contributed by atoms with Crippen LogP contribution in [-0.4, -0.2) is 27.4 Å². The number of carbonyl (C=O) groups is 1. The molecule has 2 heterocycles. The maximum atomic E-state index is 11.8. The summed E-state index contributed by atoms with van der Waals surface area (Å²) in [6, 6.07) is 3.50. The second-order valence-electron chi connectivity index (χ2n) is 3.59. The maximum absolute atomic E-state index is 11.8. The van der Waals surface area contributed by atoms with Crippen molar-refractivity contribution in [2.75, 3.05) is 12.4 Å². The number of methoxy groups -OCH3 is 1. The molecular weight excluding hydrogens is 252 g/mol. The molecule has 0 atom stereocenters. The van der Waals surface area contributed by atoms with Crippen molar-refractivity contribution < 1.29 is 9.53 Å². The average Bonchev–Trinajstić information content (AvgIpc) is 2.78. The molecule has 0 saturated carbocycles.